The summed E-state index contributed by atoms with van der Waals surface area (Å²) in [4.78, 5) is 24.1. The number of carbonyl (C=O) groups is 2. The molecule has 9 heteroatoms. The van der Waals surface area contributed by atoms with Gasteiger partial charge in [-0.05, 0) is 49.3 Å². The number of sulfonamides is 1. The number of carbonyl (C=O) groups excluding carboxylic acids is 2. The van der Waals surface area contributed by atoms with Gasteiger partial charge in [0.05, 0.1) is 16.8 Å². The lowest BCUT2D eigenvalue weighted by Crippen LogP contribution is -2.33. The monoisotopic (exact) mass is 470 g/mol. The van der Waals surface area contributed by atoms with Gasteiger partial charge in [-0.2, -0.15) is 0 Å². The van der Waals surface area contributed by atoms with E-state index in [0.717, 1.165) is 37.9 Å². The van der Waals surface area contributed by atoms with Crippen LogP contribution in [0.2, 0.25) is 0 Å². The van der Waals surface area contributed by atoms with Gasteiger partial charge in [-0.3, -0.25) is 9.59 Å². The van der Waals surface area contributed by atoms with Crippen LogP contribution >= 0.6 is 11.8 Å². The number of rotatable bonds is 11. The Morgan fingerprint density at radius 1 is 1.26 bits per heavy atom. The average Bonchev–Trinajstić information content (AvgIpc) is 2.72. The number of hydrogen-bond acceptors (Lipinski definition) is 6. The summed E-state index contributed by atoms with van der Waals surface area (Å²) in [5.74, 6) is 0.516. The van der Waals surface area contributed by atoms with Gasteiger partial charge >= 0.3 is 0 Å². The van der Waals surface area contributed by atoms with Gasteiger partial charge in [-0.15, -0.1) is 11.8 Å². The van der Waals surface area contributed by atoms with E-state index < -0.39 is 15.9 Å². The number of amides is 2. The molecule has 2 atom stereocenters. The maximum Gasteiger partial charge on any atom is 0.264 e. The summed E-state index contributed by atoms with van der Waals surface area (Å²) in [6, 6.07) is 4.85. The third-order valence-corrected chi connectivity index (χ3v) is 7.92. The Morgan fingerprint density at radius 2 is 2.03 bits per heavy atom. The van der Waals surface area contributed by atoms with Crippen LogP contribution in [0.5, 0.6) is 0 Å². The highest BCUT2D eigenvalue weighted by Gasteiger charge is 2.21. The van der Waals surface area contributed by atoms with E-state index in [1.54, 1.807) is 19.1 Å². The van der Waals surface area contributed by atoms with Gasteiger partial charge in [-0.25, -0.2) is 13.1 Å². The molecule has 1 aliphatic rings. The highest BCUT2D eigenvalue weighted by atomic mass is 32.2. The smallest absolute Gasteiger partial charge is 0.264 e. The van der Waals surface area contributed by atoms with Crippen LogP contribution in [0.1, 0.15) is 57.1 Å². The van der Waals surface area contributed by atoms with Crippen molar-refractivity contribution in [3.63, 3.8) is 0 Å². The Balaban J connectivity index is 1.85. The Labute approximate surface area is 190 Å². The molecule has 1 aromatic carbocycles. The van der Waals surface area contributed by atoms with Gasteiger partial charge in [0.15, 0.2) is 0 Å². The van der Waals surface area contributed by atoms with E-state index in [2.05, 4.69) is 10.0 Å². The second kappa shape index (κ2) is 12.5. The Hall–Kier alpha value is -1.58. The highest BCUT2D eigenvalue weighted by molar-refractivity contribution is 8.00. The molecule has 1 aromatic rings. The topological polar surface area (TPSA) is 102 Å². The van der Waals surface area contributed by atoms with E-state index in [1.165, 1.54) is 17.8 Å². The van der Waals surface area contributed by atoms with Crippen molar-refractivity contribution in [2.45, 2.75) is 70.4 Å². The Bertz CT molecular complexity index is 851. The van der Waals surface area contributed by atoms with Gasteiger partial charge in [0.2, 0.25) is 11.8 Å². The molecule has 0 spiro atoms. The van der Waals surface area contributed by atoms with Crippen molar-refractivity contribution in [2.24, 2.45) is 5.92 Å². The predicted octanol–water partition coefficient (Wildman–Crippen LogP) is 3.15. The van der Waals surface area contributed by atoms with Crippen LogP contribution in [-0.4, -0.2) is 44.4 Å². The number of hydrogen-bond donors (Lipinski definition) is 2. The van der Waals surface area contributed by atoms with Gasteiger partial charge in [0, 0.05) is 25.3 Å². The Kier molecular flexibility index (Phi) is 10.3. The summed E-state index contributed by atoms with van der Waals surface area (Å²) >= 11 is 1.38. The van der Waals surface area contributed by atoms with Crippen LogP contribution in [0.15, 0.2) is 23.1 Å². The van der Waals surface area contributed by atoms with E-state index in [0.29, 0.717) is 30.2 Å². The molecule has 2 rings (SSSR count). The molecular formula is C22H34N2O5S2. The highest BCUT2D eigenvalue weighted by Crippen LogP contribution is 2.19. The lowest BCUT2D eigenvalue weighted by Gasteiger charge is -2.21. The number of nitrogens with one attached hydrogen (secondary N) is 2. The first kappa shape index (κ1) is 25.7. The molecule has 2 unspecified atom stereocenters. The molecule has 0 saturated carbocycles. The quantitative estimate of drug-likeness (QED) is 0.515. The predicted molar refractivity (Wildman–Crippen MR) is 123 cm³/mol. The summed E-state index contributed by atoms with van der Waals surface area (Å²) < 4.78 is 33.0. The zero-order chi connectivity index (χ0) is 22.9. The van der Waals surface area contributed by atoms with Crippen molar-refractivity contribution in [1.82, 2.24) is 10.0 Å². The van der Waals surface area contributed by atoms with E-state index >= 15 is 0 Å². The minimum Gasteiger partial charge on any atom is -0.377 e. The third kappa shape index (κ3) is 8.82. The SMILES string of the molecule is CCC(C)CC(=O)NCc1ccc(S(=O)(=O)NC(=O)CSCC2CCCCO2)c(C)c1. The van der Waals surface area contributed by atoms with E-state index in [-0.39, 0.29) is 22.7 Å². The van der Waals surface area contributed by atoms with Crippen LogP contribution in [-0.2, 0) is 30.9 Å². The molecule has 0 bridgehead atoms. The summed E-state index contributed by atoms with van der Waals surface area (Å²) in [6.45, 7) is 6.84. The summed E-state index contributed by atoms with van der Waals surface area (Å²) in [7, 11) is -3.94. The minimum absolute atomic E-state index is 0.0212. The molecule has 1 fully saturated rings. The van der Waals surface area contributed by atoms with Gasteiger partial charge in [0.1, 0.15) is 0 Å². The fourth-order valence-electron chi connectivity index (χ4n) is 3.31. The van der Waals surface area contributed by atoms with E-state index in [1.807, 2.05) is 13.8 Å². The van der Waals surface area contributed by atoms with Crippen molar-refractivity contribution in [3.05, 3.63) is 29.3 Å². The summed E-state index contributed by atoms with van der Waals surface area (Å²) in [6.07, 6.45) is 4.74. The Morgan fingerprint density at radius 3 is 2.68 bits per heavy atom. The first-order valence-corrected chi connectivity index (χ1v) is 13.5. The average molecular weight is 471 g/mol. The summed E-state index contributed by atoms with van der Waals surface area (Å²) in [5, 5.41) is 2.86. The standard InChI is InChI=1S/C22H34N2O5S2/c1-4-16(2)11-21(25)23-13-18-8-9-20(17(3)12-18)31(27,28)24-22(26)15-30-14-19-7-5-6-10-29-19/h8-9,12,16,19H,4-7,10-11,13-15H2,1-3H3,(H,23,25)(H,24,26). The van der Waals surface area contributed by atoms with Crippen LogP contribution in [0.25, 0.3) is 0 Å². The maximum absolute atomic E-state index is 12.6. The number of thioether (sulfide) groups is 1. The molecule has 31 heavy (non-hydrogen) atoms. The number of aryl methyl sites for hydroxylation is 1. The summed E-state index contributed by atoms with van der Waals surface area (Å²) in [5.41, 5.74) is 1.33. The van der Waals surface area contributed by atoms with Crippen LogP contribution in [0, 0.1) is 12.8 Å². The molecule has 0 aromatic heterocycles. The minimum atomic E-state index is -3.94. The molecule has 1 heterocycles. The van der Waals surface area contributed by atoms with Crippen LogP contribution in [0.4, 0.5) is 0 Å². The lowest BCUT2D eigenvalue weighted by atomic mass is 10.0. The van der Waals surface area contributed by atoms with E-state index in [4.69, 9.17) is 4.74 Å². The molecule has 2 N–H and O–H groups in total. The van der Waals surface area contributed by atoms with Gasteiger partial charge in [0.25, 0.3) is 10.0 Å². The molecule has 174 valence electrons. The molecular weight excluding hydrogens is 436 g/mol. The van der Waals surface area contributed by atoms with Gasteiger partial charge in [-0.1, -0.05) is 32.4 Å². The largest absolute Gasteiger partial charge is 0.377 e. The second-order valence-corrected chi connectivity index (χ2v) is 10.8. The first-order chi connectivity index (χ1) is 14.7. The number of ether oxygens (including phenoxy) is 1. The van der Waals surface area contributed by atoms with Crippen LogP contribution < -0.4 is 10.0 Å². The molecule has 0 radical (unpaired) electrons. The molecule has 2 amide bonds. The molecule has 7 nitrogen and oxygen atoms in total. The maximum atomic E-state index is 12.6. The fraction of sp³-hybridized carbons (Fsp3) is 0.636. The molecule has 1 saturated heterocycles. The normalized spacial score (nSPS) is 17.7. The first-order valence-electron chi connectivity index (χ1n) is 10.8. The van der Waals surface area contributed by atoms with Crippen molar-refractivity contribution in [2.75, 3.05) is 18.1 Å². The zero-order valence-corrected chi connectivity index (χ0v) is 20.2. The van der Waals surface area contributed by atoms with Crippen molar-refractivity contribution in [3.8, 4) is 0 Å². The second-order valence-electron chi connectivity index (χ2n) is 8.13. The van der Waals surface area contributed by atoms with E-state index in [9.17, 15) is 18.0 Å². The lowest BCUT2D eigenvalue weighted by molar-refractivity contribution is -0.122. The fourth-order valence-corrected chi connectivity index (χ4v) is 5.52. The molecule has 1 aliphatic heterocycles. The zero-order valence-electron chi connectivity index (χ0n) is 18.6. The number of benzene rings is 1. The molecule has 0 aliphatic carbocycles. The van der Waals surface area contributed by atoms with Crippen molar-refractivity contribution >= 4 is 33.6 Å². The van der Waals surface area contributed by atoms with Gasteiger partial charge < -0.3 is 10.1 Å². The van der Waals surface area contributed by atoms with Crippen molar-refractivity contribution < 1.29 is 22.7 Å². The van der Waals surface area contributed by atoms with Crippen LogP contribution in [0.3, 0.4) is 0 Å². The van der Waals surface area contributed by atoms with Crippen molar-refractivity contribution in [1.29, 1.82) is 0 Å². The third-order valence-electron chi connectivity index (χ3n) is 5.31.